The fraction of sp³-hybridized carbons (Fsp3) is 0.303. The minimum absolute atomic E-state index is 0.0777. The third-order valence-electron chi connectivity index (χ3n) is 9.49. The lowest BCUT2D eigenvalue weighted by atomic mass is 9.78. The number of rotatable bonds is 5. The smallest absolute Gasteiger partial charge is 0.258 e. The van der Waals surface area contributed by atoms with Crippen LogP contribution in [0, 0.1) is 0 Å². The van der Waals surface area contributed by atoms with Gasteiger partial charge in [0.25, 0.3) is 11.8 Å². The van der Waals surface area contributed by atoms with Crippen molar-refractivity contribution < 1.29 is 9.59 Å². The first-order valence-corrected chi connectivity index (χ1v) is 15.7. The maximum atomic E-state index is 14.5. The fourth-order valence-electron chi connectivity index (χ4n) is 7.21. The Bertz CT molecular complexity index is 1990. The van der Waals surface area contributed by atoms with Gasteiger partial charge in [-0.05, 0) is 67.3 Å². The predicted octanol–water partition coefficient (Wildman–Crippen LogP) is 5.83. The van der Waals surface area contributed by atoms with E-state index in [0.717, 1.165) is 55.5 Å². The van der Waals surface area contributed by atoms with Crippen LogP contribution < -0.4 is 10.2 Å². The van der Waals surface area contributed by atoms with Crippen LogP contribution in [0.4, 0.5) is 5.82 Å². The van der Waals surface area contributed by atoms with Gasteiger partial charge in [0.05, 0.1) is 33.2 Å². The number of H-pyrrole nitrogens is 1. The van der Waals surface area contributed by atoms with E-state index in [1.807, 2.05) is 42.2 Å². The zero-order chi connectivity index (χ0) is 30.2. The first kappa shape index (κ1) is 27.5. The molecule has 0 saturated carbocycles. The number of amides is 2. The average molecular weight is 627 g/mol. The molecule has 9 nitrogen and oxygen atoms in total. The first-order chi connectivity index (χ1) is 21.4. The molecule has 2 amide bonds. The van der Waals surface area contributed by atoms with Gasteiger partial charge in [-0.15, -0.1) is 0 Å². The molecule has 44 heavy (non-hydrogen) atoms. The Balaban J connectivity index is 1.28. The highest BCUT2D eigenvalue weighted by molar-refractivity contribution is 6.35. The number of imidazole rings is 1. The number of hydrogen-bond acceptors (Lipinski definition) is 6. The molecule has 8 rings (SSSR count). The summed E-state index contributed by atoms with van der Waals surface area (Å²) < 4.78 is 0. The van der Waals surface area contributed by atoms with E-state index in [1.54, 1.807) is 17.0 Å². The summed E-state index contributed by atoms with van der Waals surface area (Å²) in [5.74, 6) is 0.580. The third kappa shape index (κ3) is 4.06. The number of carbonyl (C=O) groups excluding carboxylic acids is 2. The quantitative estimate of drug-likeness (QED) is 0.238. The zero-order valence-corrected chi connectivity index (χ0v) is 25.5. The second-order valence-electron chi connectivity index (χ2n) is 11.9. The number of nitrogens with one attached hydrogen (secondary N) is 2. The molecule has 2 fully saturated rings. The van der Waals surface area contributed by atoms with E-state index in [9.17, 15) is 9.59 Å². The van der Waals surface area contributed by atoms with E-state index in [2.05, 4.69) is 32.4 Å². The molecular formula is C33H29Cl2N7O2. The van der Waals surface area contributed by atoms with Gasteiger partial charge in [-0.1, -0.05) is 54.4 Å². The van der Waals surface area contributed by atoms with E-state index in [-0.39, 0.29) is 23.8 Å². The minimum Gasteiger partial charge on any atom is -0.342 e. The lowest BCUT2D eigenvalue weighted by Gasteiger charge is -2.35. The number of aromatic amines is 1. The van der Waals surface area contributed by atoms with Crippen LogP contribution in [0.15, 0.2) is 60.9 Å². The molecule has 2 saturated heterocycles. The lowest BCUT2D eigenvalue weighted by molar-refractivity contribution is -0.112. The van der Waals surface area contributed by atoms with Crippen LogP contribution in [0.2, 0.25) is 10.0 Å². The molecule has 11 heteroatoms. The van der Waals surface area contributed by atoms with Gasteiger partial charge in [0.15, 0.2) is 5.54 Å². The van der Waals surface area contributed by atoms with E-state index in [0.29, 0.717) is 38.2 Å². The van der Waals surface area contributed by atoms with Crippen molar-refractivity contribution in [3.05, 3.63) is 93.5 Å². The molecule has 2 aromatic heterocycles. The van der Waals surface area contributed by atoms with Crippen LogP contribution >= 0.6 is 23.2 Å². The topological polar surface area (TPSA) is 107 Å². The Morgan fingerprint density at radius 2 is 1.86 bits per heavy atom. The Hall–Kier alpha value is -4.05. The van der Waals surface area contributed by atoms with Crippen molar-refractivity contribution in [2.75, 3.05) is 24.5 Å². The summed E-state index contributed by atoms with van der Waals surface area (Å²) in [4.78, 5) is 48.8. The maximum Gasteiger partial charge on any atom is 0.258 e. The normalized spacial score (nSPS) is 22.1. The van der Waals surface area contributed by atoms with E-state index < -0.39 is 5.54 Å². The van der Waals surface area contributed by atoms with Crippen LogP contribution in [0.25, 0.3) is 21.9 Å². The first-order valence-electron chi connectivity index (χ1n) is 14.9. The van der Waals surface area contributed by atoms with Gasteiger partial charge in [0, 0.05) is 29.4 Å². The van der Waals surface area contributed by atoms with Gasteiger partial charge in [-0.2, -0.15) is 0 Å². The lowest BCUT2D eigenvalue weighted by Crippen LogP contribution is -2.45. The number of carbonyl (C=O) groups is 2. The summed E-state index contributed by atoms with van der Waals surface area (Å²) in [6.07, 6.45) is 4.28. The molecule has 222 valence electrons. The Kier molecular flexibility index (Phi) is 6.41. The van der Waals surface area contributed by atoms with Gasteiger partial charge in [-0.3, -0.25) is 14.5 Å². The molecule has 3 aliphatic heterocycles. The number of fused-ring (bicyclic) bond motifs is 3. The standard InChI is InChI=1S/C33H29Cl2N7O2/c1-18(29-39-25-9-8-20(34)14-27(25)40-29)33(28-21-7-3-2-6-19(21)10-11-36-28)32(44)42(33)30-23-15-24(35)22(16-26(23)37-17-38-30)31(43)41-12-4-5-13-41/h2-3,6-9,14-18,28,36H,4-5,10-13H2,1H3,(H,39,40). The number of likely N-dealkylation sites (tertiary alicyclic amines) is 1. The van der Waals surface area contributed by atoms with Gasteiger partial charge < -0.3 is 15.2 Å². The summed E-state index contributed by atoms with van der Waals surface area (Å²) >= 11 is 13.0. The minimum atomic E-state index is -1.05. The molecule has 0 spiro atoms. The number of halogens is 2. The molecule has 3 aliphatic rings. The summed E-state index contributed by atoms with van der Waals surface area (Å²) in [5.41, 5.74) is 3.78. The van der Waals surface area contributed by atoms with Crippen LogP contribution in [0.3, 0.4) is 0 Å². The predicted molar refractivity (Wildman–Crippen MR) is 170 cm³/mol. The van der Waals surface area contributed by atoms with Gasteiger partial charge in [0.1, 0.15) is 18.0 Å². The Labute approximate surface area is 263 Å². The molecule has 3 aromatic carbocycles. The van der Waals surface area contributed by atoms with Crippen molar-refractivity contribution >= 4 is 62.8 Å². The van der Waals surface area contributed by atoms with Crippen LogP contribution in [0.5, 0.6) is 0 Å². The molecule has 3 unspecified atom stereocenters. The fourth-order valence-corrected chi connectivity index (χ4v) is 7.63. The van der Waals surface area contributed by atoms with Crippen molar-refractivity contribution in [1.82, 2.24) is 30.2 Å². The summed E-state index contributed by atoms with van der Waals surface area (Å²) in [6.45, 7) is 4.19. The highest BCUT2D eigenvalue weighted by Crippen LogP contribution is 2.57. The Morgan fingerprint density at radius 3 is 2.70 bits per heavy atom. The van der Waals surface area contributed by atoms with Crippen molar-refractivity contribution in [2.45, 2.75) is 43.7 Å². The number of nitrogens with zero attached hydrogens (tertiary/aromatic N) is 5. The zero-order valence-electron chi connectivity index (χ0n) is 24.0. The van der Waals surface area contributed by atoms with Crippen molar-refractivity contribution in [3.63, 3.8) is 0 Å². The largest absolute Gasteiger partial charge is 0.342 e. The molecule has 5 heterocycles. The van der Waals surface area contributed by atoms with Crippen molar-refractivity contribution in [3.8, 4) is 0 Å². The maximum absolute atomic E-state index is 14.5. The summed E-state index contributed by atoms with van der Waals surface area (Å²) in [6, 6.07) is 16.9. The van der Waals surface area contributed by atoms with E-state index in [4.69, 9.17) is 28.2 Å². The van der Waals surface area contributed by atoms with E-state index >= 15 is 0 Å². The van der Waals surface area contributed by atoms with Gasteiger partial charge in [0.2, 0.25) is 0 Å². The summed E-state index contributed by atoms with van der Waals surface area (Å²) in [7, 11) is 0. The highest BCUT2D eigenvalue weighted by atomic mass is 35.5. The van der Waals surface area contributed by atoms with Crippen LogP contribution in [-0.2, 0) is 11.2 Å². The van der Waals surface area contributed by atoms with Crippen molar-refractivity contribution in [1.29, 1.82) is 0 Å². The second kappa shape index (κ2) is 10.3. The SMILES string of the molecule is CC(c1nc2ccc(Cl)cc2[nH]1)C1(C2NCCc3ccccc32)C(=O)N1c1ncnc2cc(C(=O)N3CCCC3)c(Cl)cc12. The monoisotopic (exact) mass is 625 g/mol. The highest BCUT2D eigenvalue weighted by Gasteiger charge is 2.72. The number of aromatic nitrogens is 4. The molecule has 2 N–H and O–H groups in total. The van der Waals surface area contributed by atoms with Gasteiger partial charge in [-0.25, -0.2) is 15.0 Å². The molecule has 0 radical (unpaired) electrons. The number of anilines is 1. The molecular weight excluding hydrogens is 597 g/mol. The second-order valence-corrected chi connectivity index (χ2v) is 12.7. The van der Waals surface area contributed by atoms with Crippen LogP contribution in [0.1, 0.15) is 59.0 Å². The van der Waals surface area contributed by atoms with Gasteiger partial charge >= 0.3 is 0 Å². The molecule has 5 aromatic rings. The Morgan fingerprint density at radius 1 is 1.05 bits per heavy atom. The average Bonchev–Trinajstić information content (AvgIpc) is 3.41. The van der Waals surface area contributed by atoms with E-state index in [1.165, 1.54) is 11.9 Å². The number of benzene rings is 3. The van der Waals surface area contributed by atoms with Crippen molar-refractivity contribution in [2.24, 2.45) is 0 Å². The number of hydrogen-bond donors (Lipinski definition) is 2. The third-order valence-corrected chi connectivity index (χ3v) is 10.0. The molecule has 3 atom stereocenters. The summed E-state index contributed by atoms with van der Waals surface area (Å²) in [5, 5.41) is 5.20. The molecule has 0 bridgehead atoms. The molecule has 0 aliphatic carbocycles. The van der Waals surface area contributed by atoms with Crippen LogP contribution in [-0.4, -0.2) is 61.8 Å².